The minimum Gasteiger partial charge on any atom is -0.309 e. The van der Waals surface area contributed by atoms with E-state index in [4.69, 9.17) is 0 Å². The molecule has 0 unspecified atom stereocenters. The summed E-state index contributed by atoms with van der Waals surface area (Å²) in [6.07, 6.45) is 2.88. The monoisotopic (exact) mass is 230 g/mol. The molecule has 3 rings (SSSR count). The van der Waals surface area contributed by atoms with Gasteiger partial charge in [-0.15, -0.1) is 0 Å². The molecular formula is C14H18N2O. The van der Waals surface area contributed by atoms with Gasteiger partial charge in [-0.1, -0.05) is 18.2 Å². The normalized spacial score (nSPS) is 26.9. The third-order valence-electron chi connectivity index (χ3n) is 3.99. The van der Waals surface area contributed by atoms with Crippen molar-refractivity contribution >= 4 is 11.6 Å². The van der Waals surface area contributed by atoms with Crippen molar-refractivity contribution < 1.29 is 4.79 Å². The van der Waals surface area contributed by atoms with E-state index in [1.807, 2.05) is 11.9 Å². The lowest BCUT2D eigenvalue weighted by Crippen LogP contribution is -2.46. The van der Waals surface area contributed by atoms with Gasteiger partial charge in [0.25, 0.3) is 0 Å². The molecule has 0 aliphatic carbocycles. The molecule has 0 fully saturated rings. The number of para-hydroxylation sites is 1. The van der Waals surface area contributed by atoms with Crippen LogP contribution in [-0.4, -0.2) is 25.0 Å². The Hall–Kier alpha value is -1.35. The van der Waals surface area contributed by atoms with Crippen LogP contribution in [0.15, 0.2) is 18.2 Å². The average molecular weight is 230 g/mol. The fourth-order valence-corrected chi connectivity index (χ4v) is 3.14. The standard InChI is InChI=1S/C14H18N2O/c1-9-8-11-5-3-4-10-6-7-12(15-2)14(17)16(9)13(10)11/h3-5,9,12,15H,6-8H2,1-2H3/t9-,12+/m1/s1. The number of nitrogens with zero attached hydrogens (tertiary/aromatic N) is 1. The Balaban J connectivity index is 2.13. The van der Waals surface area contributed by atoms with Crippen molar-refractivity contribution in [1.82, 2.24) is 5.32 Å². The van der Waals surface area contributed by atoms with Crippen molar-refractivity contribution in [3.63, 3.8) is 0 Å². The highest BCUT2D eigenvalue weighted by atomic mass is 16.2. The number of anilines is 1. The summed E-state index contributed by atoms with van der Waals surface area (Å²) in [5.41, 5.74) is 3.86. The Morgan fingerprint density at radius 1 is 1.35 bits per heavy atom. The summed E-state index contributed by atoms with van der Waals surface area (Å²) < 4.78 is 0. The lowest BCUT2D eigenvalue weighted by atomic mass is 10.0. The Kier molecular flexibility index (Phi) is 2.44. The molecular weight excluding hydrogens is 212 g/mol. The molecule has 3 heteroatoms. The average Bonchev–Trinajstić information content (AvgIpc) is 2.57. The highest BCUT2D eigenvalue weighted by molar-refractivity contribution is 6.01. The number of carbonyl (C=O) groups is 1. The van der Waals surface area contributed by atoms with Gasteiger partial charge in [-0.05, 0) is 44.4 Å². The molecule has 2 heterocycles. The summed E-state index contributed by atoms with van der Waals surface area (Å²) in [4.78, 5) is 14.5. The van der Waals surface area contributed by atoms with E-state index in [0.717, 1.165) is 19.3 Å². The molecule has 17 heavy (non-hydrogen) atoms. The van der Waals surface area contributed by atoms with E-state index in [9.17, 15) is 4.79 Å². The maximum Gasteiger partial charge on any atom is 0.244 e. The summed E-state index contributed by atoms with van der Waals surface area (Å²) in [5, 5.41) is 3.15. The number of rotatable bonds is 1. The molecule has 1 N–H and O–H groups in total. The van der Waals surface area contributed by atoms with Gasteiger partial charge in [-0.25, -0.2) is 0 Å². The number of hydrogen-bond acceptors (Lipinski definition) is 2. The van der Waals surface area contributed by atoms with Crippen LogP contribution >= 0.6 is 0 Å². The molecule has 0 saturated heterocycles. The summed E-state index contributed by atoms with van der Waals surface area (Å²) in [5.74, 6) is 0.240. The van der Waals surface area contributed by atoms with Gasteiger partial charge in [0.1, 0.15) is 0 Å². The highest BCUT2D eigenvalue weighted by Gasteiger charge is 2.37. The van der Waals surface area contributed by atoms with Crippen molar-refractivity contribution in [1.29, 1.82) is 0 Å². The second kappa shape index (κ2) is 3.84. The van der Waals surface area contributed by atoms with E-state index in [2.05, 4.69) is 30.4 Å². The van der Waals surface area contributed by atoms with Gasteiger partial charge in [-0.2, -0.15) is 0 Å². The molecule has 90 valence electrons. The predicted molar refractivity (Wildman–Crippen MR) is 68.3 cm³/mol. The Bertz CT molecular complexity index is 469. The first-order valence-corrected chi connectivity index (χ1v) is 6.33. The Morgan fingerprint density at radius 2 is 2.12 bits per heavy atom. The number of amides is 1. The molecule has 0 bridgehead atoms. The summed E-state index contributed by atoms with van der Waals surface area (Å²) in [6.45, 7) is 2.14. The number of nitrogens with one attached hydrogen (secondary N) is 1. The van der Waals surface area contributed by atoms with Crippen LogP contribution in [-0.2, 0) is 17.6 Å². The number of aryl methyl sites for hydroxylation is 1. The maximum absolute atomic E-state index is 12.5. The van der Waals surface area contributed by atoms with Gasteiger partial charge in [-0.3, -0.25) is 4.79 Å². The van der Waals surface area contributed by atoms with Crippen molar-refractivity contribution in [3.05, 3.63) is 29.3 Å². The Labute approximate surface area is 102 Å². The van der Waals surface area contributed by atoms with Gasteiger partial charge in [0.15, 0.2) is 0 Å². The molecule has 3 nitrogen and oxygen atoms in total. The molecule has 0 spiro atoms. The first-order chi connectivity index (χ1) is 8.22. The zero-order chi connectivity index (χ0) is 12.0. The van der Waals surface area contributed by atoms with Gasteiger partial charge in [0, 0.05) is 6.04 Å². The summed E-state index contributed by atoms with van der Waals surface area (Å²) in [6, 6.07) is 6.70. The molecule has 2 atom stereocenters. The first kappa shape index (κ1) is 10.8. The number of carbonyl (C=O) groups excluding carboxylic acids is 1. The molecule has 0 radical (unpaired) electrons. The highest BCUT2D eigenvalue weighted by Crippen LogP contribution is 2.38. The van der Waals surface area contributed by atoms with E-state index in [0.29, 0.717) is 6.04 Å². The van der Waals surface area contributed by atoms with Crippen LogP contribution in [0, 0.1) is 0 Å². The number of benzene rings is 1. The van der Waals surface area contributed by atoms with Crippen molar-refractivity contribution in [2.45, 2.75) is 38.3 Å². The van der Waals surface area contributed by atoms with Gasteiger partial charge >= 0.3 is 0 Å². The van der Waals surface area contributed by atoms with Gasteiger partial charge in [0.2, 0.25) is 5.91 Å². The summed E-state index contributed by atoms with van der Waals surface area (Å²) >= 11 is 0. The van der Waals surface area contributed by atoms with E-state index >= 15 is 0 Å². The summed E-state index contributed by atoms with van der Waals surface area (Å²) in [7, 11) is 1.88. The maximum atomic E-state index is 12.5. The predicted octanol–water partition coefficient (Wildman–Crippen LogP) is 1.50. The van der Waals surface area contributed by atoms with Crippen LogP contribution in [0.25, 0.3) is 0 Å². The number of likely N-dealkylation sites (N-methyl/N-ethyl adjacent to an activating group) is 1. The van der Waals surface area contributed by atoms with Crippen molar-refractivity contribution in [2.24, 2.45) is 0 Å². The fourth-order valence-electron chi connectivity index (χ4n) is 3.14. The Morgan fingerprint density at radius 3 is 2.88 bits per heavy atom. The molecule has 1 amide bonds. The van der Waals surface area contributed by atoms with Crippen LogP contribution in [0.5, 0.6) is 0 Å². The molecule has 1 aromatic rings. The van der Waals surface area contributed by atoms with Gasteiger partial charge in [0.05, 0.1) is 11.7 Å². The van der Waals surface area contributed by atoms with E-state index < -0.39 is 0 Å². The van der Waals surface area contributed by atoms with Crippen LogP contribution < -0.4 is 10.2 Å². The third-order valence-corrected chi connectivity index (χ3v) is 3.99. The zero-order valence-corrected chi connectivity index (χ0v) is 10.4. The first-order valence-electron chi connectivity index (χ1n) is 6.33. The van der Waals surface area contributed by atoms with Crippen LogP contribution in [0.3, 0.4) is 0 Å². The molecule has 0 saturated carbocycles. The quantitative estimate of drug-likeness (QED) is 0.793. The minimum atomic E-state index is -0.0317. The van der Waals surface area contributed by atoms with Crippen molar-refractivity contribution in [2.75, 3.05) is 11.9 Å². The lowest BCUT2D eigenvalue weighted by molar-refractivity contribution is -0.120. The van der Waals surface area contributed by atoms with E-state index in [-0.39, 0.29) is 11.9 Å². The molecule has 2 aliphatic heterocycles. The molecule has 2 aliphatic rings. The molecule has 1 aromatic carbocycles. The molecule has 0 aromatic heterocycles. The second-order valence-corrected chi connectivity index (χ2v) is 5.07. The minimum absolute atomic E-state index is 0.0317. The van der Waals surface area contributed by atoms with E-state index in [1.54, 1.807) is 0 Å². The number of hydrogen-bond donors (Lipinski definition) is 1. The van der Waals surface area contributed by atoms with Crippen LogP contribution in [0.2, 0.25) is 0 Å². The second-order valence-electron chi connectivity index (χ2n) is 5.07. The smallest absolute Gasteiger partial charge is 0.244 e. The van der Waals surface area contributed by atoms with E-state index in [1.165, 1.54) is 16.8 Å². The topological polar surface area (TPSA) is 32.3 Å². The third kappa shape index (κ3) is 1.49. The SMILES string of the molecule is CN[C@H]1CCc2cccc3c2N(C1=O)[C@H](C)C3. The fraction of sp³-hybridized carbons (Fsp3) is 0.500. The zero-order valence-electron chi connectivity index (χ0n) is 10.4. The van der Waals surface area contributed by atoms with Gasteiger partial charge < -0.3 is 10.2 Å². The van der Waals surface area contributed by atoms with Crippen LogP contribution in [0.1, 0.15) is 24.5 Å². The van der Waals surface area contributed by atoms with Crippen molar-refractivity contribution in [3.8, 4) is 0 Å². The van der Waals surface area contributed by atoms with Crippen LogP contribution in [0.4, 0.5) is 5.69 Å². The largest absolute Gasteiger partial charge is 0.309 e. The lowest BCUT2D eigenvalue weighted by Gasteiger charge is -2.25.